The molecule has 88 valence electrons. The van der Waals surface area contributed by atoms with E-state index in [1.54, 1.807) is 18.2 Å². The van der Waals surface area contributed by atoms with Gasteiger partial charge >= 0.3 is 0 Å². The van der Waals surface area contributed by atoms with Gasteiger partial charge in [-0.1, -0.05) is 23.2 Å². The van der Waals surface area contributed by atoms with Gasteiger partial charge < -0.3 is 10.6 Å². The van der Waals surface area contributed by atoms with Gasteiger partial charge in [0.1, 0.15) is 0 Å². The minimum Gasteiger partial charge on any atom is -0.388 e. The summed E-state index contributed by atoms with van der Waals surface area (Å²) in [6.07, 6.45) is 0. The summed E-state index contributed by atoms with van der Waals surface area (Å²) in [5.74, 6) is 0. The molecule has 0 spiro atoms. The lowest BCUT2D eigenvalue weighted by molar-refractivity contribution is 1.49. The monoisotopic (exact) mass is 266 g/mol. The van der Waals surface area contributed by atoms with Gasteiger partial charge in [-0.25, -0.2) is 0 Å². The molecule has 0 atom stereocenters. The Bertz CT molecular complexity index is 509. The van der Waals surface area contributed by atoms with Crippen LogP contribution in [0.15, 0.2) is 42.5 Å². The first-order valence-corrected chi connectivity index (χ1v) is 5.94. The molecular weight excluding hydrogens is 255 g/mol. The molecule has 0 heterocycles. The highest BCUT2D eigenvalue weighted by Gasteiger charge is 2.01. The van der Waals surface area contributed by atoms with Crippen molar-refractivity contribution in [1.82, 2.24) is 0 Å². The summed E-state index contributed by atoms with van der Waals surface area (Å²) in [5, 5.41) is 7.59. The van der Waals surface area contributed by atoms with E-state index in [4.69, 9.17) is 23.2 Å². The Morgan fingerprint density at radius 2 is 1.53 bits per heavy atom. The molecule has 17 heavy (non-hydrogen) atoms. The fraction of sp³-hybridized carbons (Fsp3) is 0.0769. The standard InChI is InChI=1S/C13H12Cl2N2/c1-16-10-3-5-11(6-4-10)17-13-8-9(14)2-7-12(13)15/h2-8,16-17H,1H3. The van der Waals surface area contributed by atoms with Gasteiger partial charge in [0.15, 0.2) is 0 Å². The van der Waals surface area contributed by atoms with Gasteiger partial charge in [0, 0.05) is 23.4 Å². The van der Waals surface area contributed by atoms with Crippen LogP contribution in [0.4, 0.5) is 17.1 Å². The van der Waals surface area contributed by atoms with Crippen LogP contribution < -0.4 is 10.6 Å². The van der Waals surface area contributed by atoms with E-state index >= 15 is 0 Å². The first-order valence-electron chi connectivity index (χ1n) is 5.19. The fourth-order valence-electron chi connectivity index (χ4n) is 1.47. The highest BCUT2D eigenvalue weighted by molar-refractivity contribution is 6.35. The average molecular weight is 267 g/mol. The van der Waals surface area contributed by atoms with Crippen molar-refractivity contribution in [1.29, 1.82) is 0 Å². The minimum atomic E-state index is 0.645. The van der Waals surface area contributed by atoms with Gasteiger partial charge in [0.05, 0.1) is 10.7 Å². The van der Waals surface area contributed by atoms with E-state index in [1.165, 1.54) is 0 Å². The van der Waals surface area contributed by atoms with E-state index in [0.717, 1.165) is 17.1 Å². The molecule has 0 aliphatic heterocycles. The number of halogens is 2. The fourth-order valence-corrected chi connectivity index (χ4v) is 1.81. The van der Waals surface area contributed by atoms with Crippen LogP contribution in [-0.4, -0.2) is 7.05 Å². The smallest absolute Gasteiger partial charge is 0.0642 e. The topological polar surface area (TPSA) is 24.1 Å². The maximum atomic E-state index is 6.07. The van der Waals surface area contributed by atoms with Crippen LogP contribution in [0.1, 0.15) is 0 Å². The summed E-state index contributed by atoms with van der Waals surface area (Å²) in [6, 6.07) is 13.3. The summed E-state index contributed by atoms with van der Waals surface area (Å²) in [5.41, 5.74) is 2.83. The molecule has 2 aromatic rings. The van der Waals surface area contributed by atoms with E-state index in [0.29, 0.717) is 10.0 Å². The Hall–Kier alpha value is -1.38. The number of nitrogens with one attached hydrogen (secondary N) is 2. The van der Waals surface area contributed by atoms with Gasteiger partial charge in [-0.05, 0) is 42.5 Å². The number of hydrogen-bond acceptors (Lipinski definition) is 2. The Kier molecular flexibility index (Phi) is 3.77. The Balaban J connectivity index is 2.22. The second-order valence-corrected chi connectivity index (χ2v) is 4.42. The molecule has 0 saturated heterocycles. The van der Waals surface area contributed by atoms with Crippen molar-refractivity contribution in [3.05, 3.63) is 52.5 Å². The summed E-state index contributed by atoms with van der Waals surface area (Å²) in [4.78, 5) is 0. The van der Waals surface area contributed by atoms with Gasteiger partial charge in [0.25, 0.3) is 0 Å². The van der Waals surface area contributed by atoms with Crippen LogP contribution in [0.25, 0.3) is 0 Å². The highest BCUT2D eigenvalue weighted by Crippen LogP contribution is 2.28. The number of hydrogen-bond donors (Lipinski definition) is 2. The van der Waals surface area contributed by atoms with Crippen LogP contribution in [0.3, 0.4) is 0 Å². The predicted octanol–water partition coefficient (Wildman–Crippen LogP) is 4.78. The molecule has 0 aliphatic carbocycles. The number of benzene rings is 2. The van der Waals surface area contributed by atoms with Crippen LogP contribution in [0.5, 0.6) is 0 Å². The molecule has 0 saturated carbocycles. The van der Waals surface area contributed by atoms with Crippen molar-refractivity contribution in [3.8, 4) is 0 Å². The molecule has 0 aromatic heterocycles. The molecule has 2 rings (SSSR count). The number of anilines is 3. The quantitative estimate of drug-likeness (QED) is 0.836. The highest BCUT2D eigenvalue weighted by atomic mass is 35.5. The largest absolute Gasteiger partial charge is 0.388 e. The summed E-state index contributed by atoms with van der Waals surface area (Å²) in [7, 11) is 1.89. The third-order valence-electron chi connectivity index (χ3n) is 2.38. The molecule has 0 radical (unpaired) electrons. The second kappa shape index (κ2) is 5.30. The lowest BCUT2D eigenvalue weighted by Crippen LogP contribution is -1.92. The molecule has 2 aromatic carbocycles. The molecule has 0 amide bonds. The van der Waals surface area contributed by atoms with E-state index in [9.17, 15) is 0 Å². The Labute approximate surface area is 111 Å². The summed E-state index contributed by atoms with van der Waals surface area (Å²) >= 11 is 12.0. The molecule has 4 heteroatoms. The molecule has 2 nitrogen and oxygen atoms in total. The molecular formula is C13H12Cl2N2. The number of rotatable bonds is 3. The molecule has 0 fully saturated rings. The zero-order valence-corrected chi connectivity index (χ0v) is 10.8. The first kappa shape index (κ1) is 12.1. The van der Waals surface area contributed by atoms with Crippen molar-refractivity contribution >= 4 is 40.3 Å². The lowest BCUT2D eigenvalue weighted by atomic mass is 10.2. The summed E-state index contributed by atoms with van der Waals surface area (Å²) in [6.45, 7) is 0. The third-order valence-corrected chi connectivity index (χ3v) is 2.95. The summed E-state index contributed by atoms with van der Waals surface area (Å²) < 4.78 is 0. The van der Waals surface area contributed by atoms with Crippen molar-refractivity contribution in [2.24, 2.45) is 0 Å². The van der Waals surface area contributed by atoms with Crippen molar-refractivity contribution in [3.63, 3.8) is 0 Å². The first-order chi connectivity index (χ1) is 8.19. The molecule has 2 N–H and O–H groups in total. The molecule has 0 bridgehead atoms. The Morgan fingerprint density at radius 3 is 2.18 bits per heavy atom. The van der Waals surface area contributed by atoms with E-state index in [-0.39, 0.29) is 0 Å². The van der Waals surface area contributed by atoms with Crippen molar-refractivity contribution < 1.29 is 0 Å². The van der Waals surface area contributed by atoms with Crippen LogP contribution in [0, 0.1) is 0 Å². The zero-order valence-electron chi connectivity index (χ0n) is 9.30. The van der Waals surface area contributed by atoms with E-state index in [1.807, 2.05) is 31.3 Å². The average Bonchev–Trinajstić information content (AvgIpc) is 2.35. The second-order valence-electron chi connectivity index (χ2n) is 3.58. The maximum Gasteiger partial charge on any atom is 0.0642 e. The van der Waals surface area contributed by atoms with Gasteiger partial charge in [-0.3, -0.25) is 0 Å². The van der Waals surface area contributed by atoms with Crippen molar-refractivity contribution in [2.45, 2.75) is 0 Å². The van der Waals surface area contributed by atoms with Gasteiger partial charge in [-0.15, -0.1) is 0 Å². The van der Waals surface area contributed by atoms with Crippen LogP contribution in [-0.2, 0) is 0 Å². The van der Waals surface area contributed by atoms with Crippen LogP contribution in [0.2, 0.25) is 10.0 Å². The molecule has 0 aliphatic rings. The zero-order chi connectivity index (χ0) is 12.3. The minimum absolute atomic E-state index is 0.645. The predicted molar refractivity (Wildman–Crippen MR) is 75.7 cm³/mol. The van der Waals surface area contributed by atoms with Crippen molar-refractivity contribution in [2.75, 3.05) is 17.7 Å². The Morgan fingerprint density at radius 1 is 0.882 bits per heavy atom. The van der Waals surface area contributed by atoms with E-state index in [2.05, 4.69) is 10.6 Å². The van der Waals surface area contributed by atoms with Crippen LogP contribution >= 0.6 is 23.2 Å². The van der Waals surface area contributed by atoms with Gasteiger partial charge in [0.2, 0.25) is 0 Å². The third kappa shape index (κ3) is 3.05. The normalized spacial score (nSPS) is 10.1. The maximum absolute atomic E-state index is 6.07. The SMILES string of the molecule is CNc1ccc(Nc2cc(Cl)ccc2Cl)cc1. The van der Waals surface area contributed by atoms with Gasteiger partial charge in [-0.2, -0.15) is 0 Å². The molecule has 0 unspecified atom stereocenters. The lowest BCUT2D eigenvalue weighted by Gasteiger charge is -2.09. The van der Waals surface area contributed by atoms with E-state index < -0.39 is 0 Å².